The van der Waals surface area contributed by atoms with Crippen LogP contribution in [-0.4, -0.2) is 63.9 Å². The second kappa shape index (κ2) is 15.1. The molecule has 6 amide bonds. The molecule has 5 N–H and O–H groups in total. The molecule has 1 aliphatic rings. The lowest BCUT2D eigenvalue weighted by molar-refractivity contribution is -0.122. The van der Waals surface area contributed by atoms with Crippen LogP contribution in [0, 0.1) is 0 Å². The van der Waals surface area contributed by atoms with Gasteiger partial charge in [-0.3, -0.25) is 40.3 Å². The Kier molecular flexibility index (Phi) is 10.3. The van der Waals surface area contributed by atoms with Gasteiger partial charge in [0.25, 0.3) is 17.4 Å². The Morgan fingerprint density at radius 3 is 2.10 bits per heavy atom. The molecule has 1 aliphatic heterocycles. The normalized spacial score (nSPS) is 14.0. The number of carbonyl (C=O) groups is 5. The van der Waals surface area contributed by atoms with E-state index in [2.05, 4.69) is 35.4 Å². The summed E-state index contributed by atoms with van der Waals surface area (Å²) in [6, 6.07) is 13.7. The molecule has 0 bridgehead atoms. The van der Waals surface area contributed by atoms with E-state index in [1.165, 1.54) is 99.4 Å². The number of benzene rings is 2. The summed E-state index contributed by atoms with van der Waals surface area (Å²) in [4.78, 5) is 95.0. The largest absolute Gasteiger partial charge is 0.494 e. The number of aromatic amines is 1. The Balaban J connectivity index is 1.54. The van der Waals surface area contributed by atoms with E-state index in [1.807, 2.05) is 0 Å². The minimum atomic E-state index is -1.02. The first-order valence-electron chi connectivity index (χ1n) is 14.7. The molecular weight excluding hydrogens is 666 g/mol. The summed E-state index contributed by atoms with van der Waals surface area (Å²) in [6.45, 7) is 0. The van der Waals surface area contributed by atoms with Crippen LogP contribution in [0.2, 0.25) is 0 Å². The number of pyridine rings is 1. The number of hydrogen-bond acceptors (Lipinski definition) is 11. The monoisotopic (exact) mass is 693 g/mol. The van der Waals surface area contributed by atoms with Gasteiger partial charge in [0.2, 0.25) is 5.88 Å². The third-order valence-corrected chi connectivity index (χ3v) is 7.17. The van der Waals surface area contributed by atoms with Gasteiger partial charge in [0.05, 0.1) is 25.6 Å². The van der Waals surface area contributed by atoms with Gasteiger partial charge in [-0.2, -0.15) is 0 Å². The van der Waals surface area contributed by atoms with E-state index in [4.69, 9.17) is 0 Å². The van der Waals surface area contributed by atoms with Crippen molar-refractivity contribution in [3.63, 3.8) is 0 Å². The number of methoxy groups -OCH3 is 2. The molecule has 2 aromatic carbocycles. The number of urea groups is 1. The number of allylic oxidation sites excluding steroid dienone is 4. The Hall–Kier alpha value is -7.56. The molecule has 4 aromatic rings. The number of ether oxygens (including phenoxy) is 2. The number of hydrogen-bond donors (Lipinski definition) is 5. The number of aromatic nitrogens is 3. The lowest BCUT2D eigenvalue weighted by Crippen LogP contribution is -2.54. The molecule has 1 fully saturated rings. The van der Waals surface area contributed by atoms with Gasteiger partial charge in [-0.15, -0.1) is 0 Å². The number of nitrogens with zero attached hydrogens (tertiary/aromatic N) is 3. The maximum Gasteiger partial charge on any atom is 0.411 e. The molecule has 17 heteroatoms. The molecule has 0 unspecified atom stereocenters. The Labute approximate surface area is 287 Å². The second-order valence-corrected chi connectivity index (χ2v) is 10.3. The molecule has 0 saturated carbocycles. The molecule has 0 radical (unpaired) electrons. The van der Waals surface area contributed by atoms with Crippen LogP contribution in [0.4, 0.5) is 31.4 Å². The molecule has 17 nitrogen and oxygen atoms in total. The molecule has 0 aliphatic carbocycles. The number of amides is 6. The van der Waals surface area contributed by atoms with Gasteiger partial charge in [-0.05, 0) is 71.8 Å². The number of carbonyl (C=O) groups excluding carboxylic acids is 5. The van der Waals surface area contributed by atoms with Crippen molar-refractivity contribution in [2.24, 2.45) is 0 Å². The van der Waals surface area contributed by atoms with Crippen LogP contribution in [0.3, 0.4) is 0 Å². The number of nitrogens with one attached hydrogen (secondary N) is 4. The van der Waals surface area contributed by atoms with E-state index in [-0.39, 0.29) is 28.3 Å². The molecule has 2 aromatic heterocycles. The Morgan fingerprint density at radius 2 is 1.47 bits per heavy atom. The number of rotatable bonds is 8. The Morgan fingerprint density at radius 1 is 0.863 bits per heavy atom. The van der Waals surface area contributed by atoms with E-state index in [0.29, 0.717) is 16.0 Å². The third-order valence-electron chi connectivity index (χ3n) is 7.17. The standard InChI is InChI=1S/C34H27N7O10/c1-50-33(48)36-21-5-3-7-23(17-21)40-29(44)25(27(42)38-31(40)46)11-9-19(20-13-15-35-16-14-20)10-12-26-28(43)39-32(47)41(30(26)45)24-8-4-6-22(18-24)37-34(49)51-2/h3-18,44H,1-2H3,(H,36,48)(H,37,49)(H,38,42,46)(H,39,43,47)/b11-9+,19-10-,26-12+. The summed E-state index contributed by atoms with van der Waals surface area (Å²) in [5.74, 6) is -2.69. The molecule has 258 valence electrons. The third kappa shape index (κ3) is 7.78. The average molecular weight is 694 g/mol. The Bertz CT molecular complexity index is 2270. The van der Waals surface area contributed by atoms with Crippen molar-refractivity contribution in [1.29, 1.82) is 0 Å². The smallest absolute Gasteiger partial charge is 0.411 e. The lowest BCUT2D eigenvalue weighted by atomic mass is 10.0. The number of imide groups is 2. The van der Waals surface area contributed by atoms with Crippen LogP contribution in [0.5, 0.6) is 5.88 Å². The van der Waals surface area contributed by atoms with Crippen molar-refractivity contribution in [3.8, 4) is 11.6 Å². The predicted octanol–water partition coefficient (Wildman–Crippen LogP) is 3.29. The zero-order chi connectivity index (χ0) is 36.7. The summed E-state index contributed by atoms with van der Waals surface area (Å²) in [5.41, 5.74) is -1.28. The summed E-state index contributed by atoms with van der Waals surface area (Å²) in [7, 11) is 2.34. The van der Waals surface area contributed by atoms with Crippen LogP contribution in [0.25, 0.3) is 17.3 Å². The first-order valence-corrected chi connectivity index (χ1v) is 14.7. The van der Waals surface area contributed by atoms with Crippen LogP contribution in [-0.2, 0) is 19.1 Å². The first kappa shape index (κ1) is 34.8. The van der Waals surface area contributed by atoms with Crippen LogP contribution in [0.15, 0.2) is 106 Å². The minimum Gasteiger partial charge on any atom is -0.494 e. The number of H-pyrrole nitrogens is 1. The fraction of sp³-hybridized carbons (Fsp3) is 0.0588. The van der Waals surface area contributed by atoms with Crippen molar-refractivity contribution >= 4 is 58.7 Å². The number of aromatic hydroxyl groups is 1. The van der Waals surface area contributed by atoms with Crippen molar-refractivity contribution in [2.45, 2.75) is 0 Å². The highest BCUT2D eigenvalue weighted by atomic mass is 16.5. The van der Waals surface area contributed by atoms with Gasteiger partial charge >= 0.3 is 23.9 Å². The van der Waals surface area contributed by atoms with Gasteiger partial charge in [0, 0.05) is 23.8 Å². The van der Waals surface area contributed by atoms with E-state index in [0.717, 1.165) is 4.57 Å². The average Bonchev–Trinajstić information content (AvgIpc) is 3.10. The van der Waals surface area contributed by atoms with E-state index >= 15 is 0 Å². The number of anilines is 3. The molecular formula is C34H27N7O10. The van der Waals surface area contributed by atoms with Crippen molar-refractivity contribution < 1.29 is 38.6 Å². The second-order valence-electron chi connectivity index (χ2n) is 10.3. The highest BCUT2D eigenvalue weighted by molar-refractivity contribution is 6.37. The minimum absolute atomic E-state index is 0.0412. The summed E-state index contributed by atoms with van der Waals surface area (Å²) >= 11 is 0. The predicted molar refractivity (Wildman–Crippen MR) is 183 cm³/mol. The van der Waals surface area contributed by atoms with Crippen LogP contribution < -0.4 is 32.1 Å². The quantitative estimate of drug-likeness (QED) is 0.102. The lowest BCUT2D eigenvalue weighted by Gasteiger charge is -2.26. The molecule has 3 heterocycles. The summed E-state index contributed by atoms with van der Waals surface area (Å²) < 4.78 is 9.96. The van der Waals surface area contributed by atoms with E-state index in [9.17, 15) is 38.7 Å². The van der Waals surface area contributed by atoms with Crippen molar-refractivity contribution in [1.82, 2.24) is 19.9 Å². The van der Waals surface area contributed by atoms with E-state index < -0.39 is 52.7 Å². The maximum absolute atomic E-state index is 13.5. The molecule has 0 spiro atoms. The zero-order valence-corrected chi connectivity index (χ0v) is 26.7. The molecule has 0 atom stereocenters. The first-order chi connectivity index (χ1) is 24.5. The van der Waals surface area contributed by atoms with Crippen molar-refractivity contribution in [3.05, 3.63) is 129 Å². The van der Waals surface area contributed by atoms with Gasteiger partial charge < -0.3 is 14.6 Å². The zero-order valence-electron chi connectivity index (χ0n) is 26.7. The van der Waals surface area contributed by atoms with Gasteiger partial charge in [0.1, 0.15) is 11.1 Å². The van der Waals surface area contributed by atoms with Crippen molar-refractivity contribution in [2.75, 3.05) is 29.8 Å². The molecule has 51 heavy (non-hydrogen) atoms. The number of barbiturate groups is 1. The van der Waals surface area contributed by atoms with Crippen LogP contribution >= 0.6 is 0 Å². The van der Waals surface area contributed by atoms with Gasteiger partial charge in [-0.1, -0.05) is 24.3 Å². The van der Waals surface area contributed by atoms with Gasteiger partial charge in [-0.25, -0.2) is 28.6 Å². The highest BCUT2D eigenvalue weighted by Crippen LogP contribution is 2.26. The molecule has 1 saturated heterocycles. The highest BCUT2D eigenvalue weighted by Gasteiger charge is 2.36. The summed E-state index contributed by atoms with van der Waals surface area (Å²) in [6.07, 6.45) is 6.52. The van der Waals surface area contributed by atoms with Crippen LogP contribution in [0.1, 0.15) is 11.1 Å². The maximum atomic E-state index is 13.5. The summed E-state index contributed by atoms with van der Waals surface area (Å²) in [5, 5.41) is 18.1. The fourth-order valence-electron chi connectivity index (χ4n) is 4.76. The SMILES string of the molecule is COC(=O)Nc1cccc(N2C(=O)NC(=O)\C(=C/C=C(/C=C/c3c(O)n(-c4cccc(NC(=O)OC)c4)c(=O)[nH]c3=O)c3ccncc3)C2=O)c1. The van der Waals surface area contributed by atoms with Gasteiger partial charge in [0.15, 0.2) is 0 Å². The topological polar surface area (TPSA) is 231 Å². The fourth-order valence-corrected chi connectivity index (χ4v) is 4.76. The molecule has 5 rings (SSSR count). The van der Waals surface area contributed by atoms with E-state index in [1.54, 1.807) is 12.1 Å².